The first-order chi connectivity index (χ1) is 12.0. The lowest BCUT2D eigenvalue weighted by molar-refractivity contribution is -0.135. The highest BCUT2D eigenvalue weighted by atomic mass is 19.1. The molecule has 6 nitrogen and oxygen atoms in total. The lowest BCUT2D eigenvalue weighted by atomic mass is 9.88. The Labute approximate surface area is 143 Å². The summed E-state index contributed by atoms with van der Waals surface area (Å²) in [7, 11) is 0. The molecule has 25 heavy (non-hydrogen) atoms. The average molecular weight is 348 g/mol. The number of hydrogen-bond donors (Lipinski definition) is 0. The number of rotatable bonds is 4. The molecule has 132 valence electrons. The van der Waals surface area contributed by atoms with Crippen LogP contribution in [0, 0.1) is 17.6 Å². The third-order valence-electron chi connectivity index (χ3n) is 4.56. The third kappa shape index (κ3) is 3.57. The highest BCUT2D eigenvalue weighted by Gasteiger charge is 2.31. The Kier molecular flexibility index (Phi) is 4.87. The smallest absolute Gasteiger partial charge is 0.247 e. The van der Waals surface area contributed by atoms with E-state index in [-0.39, 0.29) is 11.5 Å². The molecule has 1 fully saturated rings. The first kappa shape index (κ1) is 17.2. The van der Waals surface area contributed by atoms with Crippen molar-refractivity contribution in [3.63, 3.8) is 0 Å². The van der Waals surface area contributed by atoms with E-state index in [0.29, 0.717) is 25.9 Å². The van der Waals surface area contributed by atoms with E-state index in [1.165, 1.54) is 17.3 Å². The van der Waals surface area contributed by atoms with Crippen molar-refractivity contribution in [2.45, 2.75) is 25.8 Å². The van der Waals surface area contributed by atoms with Gasteiger partial charge in [0.05, 0.1) is 5.56 Å². The first-order valence-corrected chi connectivity index (χ1v) is 8.09. The van der Waals surface area contributed by atoms with Crippen molar-refractivity contribution in [2.24, 2.45) is 5.92 Å². The van der Waals surface area contributed by atoms with Gasteiger partial charge in [-0.2, -0.15) is 5.10 Å². The summed E-state index contributed by atoms with van der Waals surface area (Å²) in [4.78, 5) is 30.4. The van der Waals surface area contributed by atoms with Crippen LogP contribution >= 0.6 is 0 Å². The number of benzene rings is 1. The van der Waals surface area contributed by atoms with Crippen molar-refractivity contribution in [3.8, 4) is 0 Å². The molecule has 1 aliphatic heterocycles. The monoisotopic (exact) mass is 348 g/mol. The van der Waals surface area contributed by atoms with Gasteiger partial charge in [0, 0.05) is 19.0 Å². The van der Waals surface area contributed by atoms with Gasteiger partial charge in [-0.05, 0) is 38.0 Å². The van der Waals surface area contributed by atoms with Crippen LogP contribution in [-0.2, 0) is 4.79 Å². The summed E-state index contributed by atoms with van der Waals surface area (Å²) in [6.07, 6.45) is 3.68. The number of Topliss-reactive ketones (excluding diaryl/α,β-unsaturated/α-hetero) is 1. The number of nitrogens with zero attached hydrogens (tertiary/aromatic N) is 4. The Morgan fingerprint density at radius 1 is 1.24 bits per heavy atom. The van der Waals surface area contributed by atoms with Crippen molar-refractivity contribution in [1.29, 1.82) is 0 Å². The molecule has 0 N–H and O–H groups in total. The van der Waals surface area contributed by atoms with Crippen LogP contribution in [0.1, 0.15) is 36.2 Å². The van der Waals surface area contributed by atoms with E-state index < -0.39 is 29.4 Å². The Morgan fingerprint density at radius 3 is 2.60 bits per heavy atom. The van der Waals surface area contributed by atoms with Gasteiger partial charge in [0.25, 0.3) is 0 Å². The van der Waals surface area contributed by atoms with Gasteiger partial charge in [-0.15, -0.1) is 0 Å². The summed E-state index contributed by atoms with van der Waals surface area (Å²) in [5.41, 5.74) is -0.222. The van der Waals surface area contributed by atoms with Gasteiger partial charge in [0.2, 0.25) is 5.91 Å². The number of likely N-dealkylation sites (tertiary alicyclic amines) is 1. The van der Waals surface area contributed by atoms with E-state index in [1.54, 1.807) is 11.8 Å². The normalized spacial score (nSPS) is 16.7. The maximum atomic E-state index is 13.8. The van der Waals surface area contributed by atoms with Crippen molar-refractivity contribution < 1.29 is 18.4 Å². The van der Waals surface area contributed by atoms with E-state index >= 15 is 0 Å². The summed E-state index contributed by atoms with van der Waals surface area (Å²) in [6.45, 7) is 2.52. The number of hydrogen-bond acceptors (Lipinski definition) is 4. The molecule has 1 saturated heterocycles. The van der Waals surface area contributed by atoms with Crippen LogP contribution in [0.3, 0.4) is 0 Å². The van der Waals surface area contributed by atoms with Crippen LogP contribution in [0.2, 0.25) is 0 Å². The van der Waals surface area contributed by atoms with Crippen LogP contribution in [0.25, 0.3) is 0 Å². The Hall–Kier alpha value is -2.64. The summed E-state index contributed by atoms with van der Waals surface area (Å²) < 4.78 is 28.5. The van der Waals surface area contributed by atoms with E-state index in [2.05, 4.69) is 10.1 Å². The van der Waals surface area contributed by atoms with E-state index in [0.717, 1.165) is 18.2 Å². The second-order valence-electron chi connectivity index (χ2n) is 6.14. The minimum absolute atomic E-state index is 0.103. The van der Waals surface area contributed by atoms with Crippen molar-refractivity contribution >= 4 is 11.7 Å². The molecule has 1 aromatic heterocycles. The second-order valence-corrected chi connectivity index (χ2v) is 6.14. The van der Waals surface area contributed by atoms with Crippen LogP contribution in [-0.4, -0.2) is 44.4 Å². The van der Waals surface area contributed by atoms with Crippen LogP contribution in [0.15, 0.2) is 30.9 Å². The van der Waals surface area contributed by atoms with Crippen LogP contribution in [0.4, 0.5) is 8.78 Å². The maximum absolute atomic E-state index is 13.8. The van der Waals surface area contributed by atoms with E-state index in [9.17, 15) is 18.4 Å². The molecule has 8 heteroatoms. The standard InChI is InChI=1S/C17H18F2N4O2/c1-11(23-10-20-9-21-23)17(25)22-6-4-12(5-7-22)16(24)14-8-13(18)2-3-15(14)19/h2-3,8-12H,4-7H2,1H3. The highest BCUT2D eigenvalue weighted by Crippen LogP contribution is 2.25. The summed E-state index contributed by atoms with van der Waals surface area (Å²) in [6, 6.07) is 2.40. The van der Waals surface area contributed by atoms with Gasteiger partial charge in [-0.25, -0.2) is 18.4 Å². The zero-order valence-corrected chi connectivity index (χ0v) is 13.7. The van der Waals surface area contributed by atoms with Crippen LogP contribution < -0.4 is 0 Å². The largest absolute Gasteiger partial charge is 0.341 e. The number of halogens is 2. The number of carbonyl (C=O) groups is 2. The van der Waals surface area contributed by atoms with Gasteiger partial charge in [0.15, 0.2) is 5.78 Å². The first-order valence-electron chi connectivity index (χ1n) is 8.09. The van der Waals surface area contributed by atoms with Crippen molar-refractivity contribution in [1.82, 2.24) is 19.7 Å². The third-order valence-corrected chi connectivity index (χ3v) is 4.56. The molecule has 1 aromatic carbocycles. The number of piperidine rings is 1. The summed E-state index contributed by atoms with van der Waals surface area (Å²) in [5.74, 6) is -2.28. The SMILES string of the molecule is CC(C(=O)N1CCC(C(=O)c2cc(F)ccc2F)CC1)n1cncn1. The maximum Gasteiger partial charge on any atom is 0.247 e. The van der Waals surface area contributed by atoms with Gasteiger partial charge < -0.3 is 4.90 Å². The molecule has 0 bridgehead atoms. The van der Waals surface area contributed by atoms with E-state index in [4.69, 9.17) is 0 Å². The van der Waals surface area contributed by atoms with Crippen LogP contribution in [0.5, 0.6) is 0 Å². The number of ketones is 1. The topological polar surface area (TPSA) is 68.1 Å². The second kappa shape index (κ2) is 7.08. The Morgan fingerprint density at radius 2 is 1.96 bits per heavy atom. The van der Waals surface area contributed by atoms with E-state index in [1.807, 2.05) is 0 Å². The molecule has 0 spiro atoms. The van der Waals surface area contributed by atoms with Gasteiger partial charge in [-0.3, -0.25) is 9.59 Å². The fraction of sp³-hybridized carbons (Fsp3) is 0.412. The van der Waals surface area contributed by atoms with Gasteiger partial charge in [-0.1, -0.05) is 0 Å². The molecule has 1 aliphatic rings. The average Bonchev–Trinajstić information content (AvgIpc) is 3.16. The molecule has 1 unspecified atom stereocenters. The number of carbonyl (C=O) groups excluding carboxylic acids is 2. The molecule has 1 amide bonds. The molecular formula is C17H18F2N4O2. The zero-order chi connectivity index (χ0) is 18.0. The Bertz CT molecular complexity index is 771. The minimum Gasteiger partial charge on any atom is -0.341 e. The number of amides is 1. The molecule has 3 rings (SSSR count). The highest BCUT2D eigenvalue weighted by molar-refractivity contribution is 5.98. The molecule has 2 aromatic rings. The Balaban J connectivity index is 1.62. The molecular weight excluding hydrogens is 330 g/mol. The predicted octanol–water partition coefficient (Wildman–Crippen LogP) is 2.24. The fourth-order valence-electron chi connectivity index (χ4n) is 3.06. The molecule has 2 heterocycles. The summed E-state index contributed by atoms with van der Waals surface area (Å²) in [5, 5.41) is 3.96. The molecule has 0 radical (unpaired) electrons. The summed E-state index contributed by atoms with van der Waals surface area (Å²) >= 11 is 0. The van der Waals surface area contributed by atoms with Gasteiger partial charge in [0.1, 0.15) is 30.3 Å². The predicted molar refractivity (Wildman–Crippen MR) is 84.7 cm³/mol. The zero-order valence-electron chi connectivity index (χ0n) is 13.7. The molecule has 0 aliphatic carbocycles. The lowest BCUT2D eigenvalue weighted by Crippen LogP contribution is -2.43. The van der Waals surface area contributed by atoms with Crippen molar-refractivity contribution in [2.75, 3.05) is 13.1 Å². The number of aromatic nitrogens is 3. The van der Waals surface area contributed by atoms with Gasteiger partial charge >= 0.3 is 0 Å². The quantitative estimate of drug-likeness (QED) is 0.795. The lowest BCUT2D eigenvalue weighted by Gasteiger charge is -2.33. The fourth-order valence-corrected chi connectivity index (χ4v) is 3.06. The molecule has 0 saturated carbocycles. The van der Waals surface area contributed by atoms with Crippen molar-refractivity contribution in [3.05, 3.63) is 48.1 Å². The minimum atomic E-state index is -0.718. The molecule has 1 atom stereocenters.